The van der Waals surface area contributed by atoms with Crippen molar-refractivity contribution in [2.24, 2.45) is 0 Å². The van der Waals surface area contributed by atoms with Crippen LogP contribution in [0.3, 0.4) is 0 Å². The second kappa shape index (κ2) is 12.0. The maximum Gasteiger partial charge on any atom is 0.155 e. The first-order valence-corrected chi connectivity index (χ1v) is 18.3. The summed E-state index contributed by atoms with van der Waals surface area (Å²) in [6.45, 7) is 6.22. The summed E-state index contributed by atoms with van der Waals surface area (Å²) in [5, 5.41) is 7.41. The number of allylic oxidation sites excluding steroid dienone is 5. The maximum atomic E-state index is 5.15. The minimum absolute atomic E-state index is 0.693. The van der Waals surface area contributed by atoms with Crippen molar-refractivity contribution in [1.29, 1.82) is 0 Å². The Morgan fingerprint density at radius 1 is 0.635 bits per heavy atom. The highest BCUT2D eigenvalue weighted by molar-refractivity contribution is 7.26. The van der Waals surface area contributed by atoms with E-state index in [1.54, 1.807) is 0 Å². The van der Waals surface area contributed by atoms with Gasteiger partial charge in [-0.1, -0.05) is 104 Å². The molecular formula is C47H32N4S. The fourth-order valence-electron chi connectivity index (χ4n) is 7.81. The third-order valence-electron chi connectivity index (χ3n) is 10.1. The van der Waals surface area contributed by atoms with Gasteiger partial charge in [-0.05, 0) is 73.2 Å². The molecule has 10 aromatic rings. The topological polar surface area (TPSA) is 35.6 Å². The smallest absolute Gasteiger partial charge is 0.155 e. The van der Waals surface area contributed by atoms with Crippen molar-refractivity contribution < 1.29 is 0 Å². The molecule has 246 valence electrons. The molecule has 4 nitrogen and oxygen atoms in total. The van der Waals surface area contributed by atoms with Crippen LogP contribution in [-0.2, 0) is 0 Å². The summed E-state index contributed by atoms with van der Waals surface area (Å²) in [4.78, 5) is 9.93. The van der Waals surface area contributed by atoms with E-state index in [0.717, 1.165) is 44.8 Å². The van der Waals surface area contributed by atoms with Crippen LogP contribution in [0.1, 0.15) is 12.7 Å². The summed E-state index contributed by atoms with van der Waals surface area (Å²) in [6.07, 6.45) is 7.99. The number of benzene rings is 6. The molecule has 10 rings (SSSR count). The fraction of sp³-hybridized carbons (Fsp3) is 0.0213. The first kappa shape index (κ1) is 30.3. The summed E-state index contributed by atoms with van der Waals surface area (Å²) in [6, 6.07) is 49.8. The number of aromatic nitrogens is 4. The normalized spacial score (nSPS) is 12.6. The monoisotopic (exact) mass is 684 g/mol. The Bertz CT molecular complexity index is 3100. The SMILES string of the molecule is C=C/C=C(\C=C(/C)c1nccc(-c2cccc3c2sc2ccccc23)n1)n1c2ccccc2c2cc3c4ccccc4n(-c4ccccc4)c3cc21. The Labute approximate surface area is 304 Å². The molecule has 0 unspecified atom stereocenters. The van der Waals surface area contributed by atoms with Gasteiger partial charge in [0.15, 0.2) is 5.82 Å². The molecule has 0 saturated carbocycles. The average molecular weight is 685 g/mol. The van der Waals surface area contributed by atoms with Crippen LogP contribution in [-0.4, -0.2) is 19.1 Å². The zero-order valence-corrected chi connectivity index (χ0v) is 29.3. The van der Waals surface area contributed by atoms with E-state index in [9.17, 15) is 0 Å². The Balaban J connectivity index is 1.16. The lowest BCUT2D eigenvalue weighted by Gasteiger charge is -2.12. The highest BCUT2D eigenvalue weighted by Gasteiger charge is 2.19. The first-order chi connectivity index (χ1) is 25.7. The summed E-state index contributed by atoms with van der Waals surface area (Å²) < 4.78 is 7.25. The number of fused-ring (bicyclic) bond motifs is 9. The van der Waals surface area contributed by atoms with Gasteiger partial charge in [0.05, 0.1) is 27.8 Å². The number of rotatable bonds is 6. The van der Waals surface area contributed by atoms with E-state index in [4.69, 9.17) is 9.97 Å². The molecule has 0 N–H and O–H groups in total. The molecule has 0 fully saturated rings. The molecular weight excluding hydrogens is 653 g/mol. The molecule has 6 aromatic carbocycles. The lowest BCUT2D eigenvalue weighted by atomic mass is 10.1. The van der Waals surface area contributed by atoms with E-state index in [0.29, 0.717) is 5.82 Å². The molecule has 52 heavy (non-hydrogen) atoms. The van der Waals surface area contributed by atoms with E-state index >= 15 is 0 Å². The third-order valence-corrected chi connectivity index (χ3v) is 11.3. The van der Waals surface area contributed by atoms with Crippen LogP contribution >= 0.6 is 11.3 Å². The van der Waals surface area contributed by atoms with Crippen molar-refractivity contribution in [3.8, 4) is 16.9 Å². The van der Waals surface area contributed by atoms with Crippen LogP contribution in [0.25, 0.3) is 92.0 Å². The lowest BCUT2D eigenvalue weighted by Crippen LogP contribution is -1.99. The van der Waals surface area contributed by atoms with Crippen LogP contribution in [0.15, 0.2) is 171 Å². The molecule has 5 heteroatoms. The predicted octanol–water partition coefficient (Wildman–Crippen LogP) is 12.8. The number of thiophene rings is 1. The second-order valence-electron chi connectivity index (χ2n) is 13.1. The summed E-state index contributed by atoms with van der Waals surface area (Å²) in [5.41, 5.74) is 9.72. The summed E-state index contributed by atoms with van der Waals surface area (Å²) in [5.74, 6) is 0.693. The molecule has 4 aromatic heterocycles. The molecule has 0 aliphatic carbocycles. The predicted molar refractivity (Wildman–Crippen MR) is 222 cm³/mol. The first-order valence-electron chi connectivity index (χ1n) is 17.4. The molecule has 0 saturated heterocycles. The van der Waals surface area contributed by atoms with Gasteiger partial charge in [-0.3, -0.25) is 0 Å². The van der Waals surface area contributed by atoms with Gasteiger partial charge in [-0.2, -0.15) is 0 Å². The Kier molecular flexibility index (Phi) is 7.01. The Morgan fingerprint density at radius 3 is 2.15 bits per heavy atom. The zero-order valence-electron chi connectivity index (χ0n) is 28.5. The molecule has 0 atom stereocenters. The minimum atomic E-state index is 0.693. The van der Waals surface area contributed by atoms with Crippen molar-refractivity contribution in [2.75, 3.05) is 0 Å². The summed E-state index contributed by atoms with van der Waals surface area (Å²) >= 11 is 1.82. The number of nitrogens with zero attached hydrogens (tertiary/aromatic N) is 4. The number of hydrogen-bond donors (Lipinski definition) is 0. The van der Waals surface area contributed by atoms with Gasteiger partial charge in [-0.25, -0.2) is 9.97 Å². The lowest BCUT2D eigenvalue weighted by molar-refractivity contribution is 1.12. The van der Waals surface area contributed by atoms with Gasteiger partial charge in [0.2, 0.25) is 0 Å². The van der Waals surface area contributed by atoms with E-state index in [1.807, 2.05) is 29.7 Å². The van der Waals surface area contributed by atoms with Crippen molar-refractivity contribution >= 4 is 86.4 Å². The number of para-hydroxylation sites is 3. The molecule has 0 aliphatic rings. The average Bonchev–Trinajstić information content (AvgIpc) is 3.84. The fourth-order valence-corrected chi connectivity index (χ4v) is 9.03. The van der Waals surface area contributed by atoms with Crippen LogP contribution < -0.4 is 0 Å². The van der Waals surface area contributed by atoms with Crippen molar-refractivity contribution in [2.45, 2.75) is 6.92 Å². The minimum Gasteiger partial charge on any atom is -0.309 e. The van der Waals surface area contributed by atoms with Crippen molar-refractivity contribution in [3.63, 3.8) is 0 Å². The van der Waals surface area contributed by atoms with Gasteiger partial charge in [0.1, 0.15) is 0 Å². The quantitative estimate of drug-likeness (QED) is 0.163. The highest BCUT2D eigenvalue weighted by Crippen LogP contribution is 2.41. The van der Waals surface area contributed by atoms with Gasteiger partial charge in [0.25, 0.3) is 0 Å². The Hall–Kier alpha value is -6.56. The van der Waals surface area contributed by atoms with Crippen LogP contribution in [0.2, 0.25) is 0 Å². The van der Waals surface area contributed by atoms with Crippen LogP contribution in [0, 0.1) is 0 Å². The number of hydrogen-bond acceptors (Lipinski definition) is 3. The molecule has 4 heterocycles. The third kappa shape index (κ3) is 4.67. The molecule has 0 aliphatic heterocycles. The molecule has 0 radical (unpaired) electrons. The van der Waals surface area contributed by atoms with E-state index in [-0.39, 0.29) is 0 Å². The zero-order chi connectivity index (χ0) is 34.8. The summed E-state index contributed by atoms with van der Waals surface area (Å²) in [7, 11) is 0. The van der Waals surface area contributed by atoms with E-state index in [1.165, 1.54) is 47.2 Å². The second-order valence-corrected chi connectivity index (χ2v) is 14.2. The van der Waals surface area contributed by atoms with E-state index in [2.05, 4.69) is 168 Å². The van der Waals surface area contributed by atoms with Crippen molar-refractivity contribution in [1.82, 2.24) is 19.1 Å². The van der Waals surface area contributed by atoms with Gasteiger partial charge >= 0.3 is 0 Å². The molecule has 0 amide bonds. The highest BCUT2D eigenvalue weighted by atomic mass is 32.1. The molecule has 0 bridgehead atoms. The van der Waals surface area contributed by atoms with Gasteiger partial charge in [-0.15, -0.1) is 11.3 Å². The van der Waals surface area contributed by atoms with Crippen molar-refractivity contribution in [3.05, 3.63) is 176 Å². The van der Waals surface area contributed by atoms with Crippen LogP contribution in [0.4, 0.5) is 0 Å². The Morgan fingerprint density at radius 2 is 1.33 bits per heavy atom. The maximum absolute atomic E-state index is 5.15. The largest absolute Gasteiger partial charge is 0.309 e. The van der Waals surface area contributed by atoms with E-state index < -0.39 is 0 Å². The van der Waals surface area contributed by atoms with Gasteiger partial charge < -0.3 is 9.13 Å². The standard InChI is InChI=1S/C47H32N4S/c1-3-14-32(27-30(2)47-48-26-25-40(49-47)37-21-13-20-36-35-19-9-12-24-45(35)52-46(36)37)51-42-23-11-8-18-34(42)39-28-38-33-17-7-10-22-41(33)50(43(38)29-44(39)51)31-15-5-4-6-16-31/h3-29H,1H2,2H3/b30-27+,32-14+. The van der Waals surface area contributed by atoms with Gasteiger partial charge in [0, 0.05) is 64.9 Å². The molecule has 0 spiro atoms. The van der Waals surface area contributed by atoms with Crippen LogP contribution in [0.5, 0.6) is 0 Å².